The van der Waals surface area contributed by atoms with E-state index in [1.54, 1.807) is 0 Å². The monoisotopic (exact) mass is 243 g/mol. The van der Waals surface area contributed by atoms with Crippen LogP contribution in [0.2, 0.25) is 0 Å². The van der Waals surface area contributed by atoms with Gasteiger partial charge in [-0.1, -0.05) is 0 Å². The van der Waals surface area contributed by atoms with Crippen LogP contribution >= 0.6 is 0 Å². The minimum atomic E-state index is -0.852. The van der Waals surface area contributed by atoms with Crippen LogP contribution in [0.15, 0.2) is 0 Å². The second-order valence-electron chi connectivity index (χ2n) is 5.44. The zero-order chi connectivity index (χ0) is 13.1. The number of carboxylic acids is 1. The summed E-state index contributed by atoms with van der Waals surface area (Å²) in [6, 6.07) is -0.539. The van der Waals surface area contributed by atoms with Gasteiger partial charge in [0.2, 0.25) is 0 Å². The largest absolute Gasteiger partial charge is 0.480 e. The highest BCUT2D eigenvalue weighted by Gasteiger charge is 2.29. The zero-order valence-corrected chi connectivity index (χ0v) is 10.7. The van der Waals surface area contributed by atoms with Crippen molar-refractivity contribution in [1.82, 2.24) is 5.32 Å². The normalized spacial score (nSPS) is 26.1. The molecule has 2 N–H and O–H groups in total. The van der Waals surface area contributed by atoms with Crippen LogP contribution in [0.25, 0.3) is 0 Å². The number of ether oxygens (including phenoxy) is 1. The Kier molecular flexibility index (Phi) is 4.51. The standard InChI is InChI=1S/C12H21NO4/c1-12(2,3)17-11(16)8-4-5-9(10(14)15)13-7-6-8/h8-9,13H,4-7H2,1-3H3,(H,14,15). The lowest BCUT2D eigenvalue weighted by molar-refractivity contribution is -0.160. The Hall–Kier alpha value is -1.10. The topological polar surface area (TPSA) is 75.6 Å². The van der Waals surface area contributed by atoms with Crippen molar-refractivity contribution < 1.29 is 19.4 Å². The first-order chi connectivity index (χ1) is 7.79. The van der Waals surface area contributed by atoms with Gasteiger partial charge in [0, 0.05) is 0 Å². The molecule has 1 fully saturated rings. The lowest BCUT2D eigenvalue weighted by Crippen LogP contribution is -2.35. The van der Waals surface area contributed by atoms with Crippen LogP contribution in [0.3, 0.4) is 0 Å². The third kappa shape index (κ3) is 4.73. The number of hydrogen-bond donors (Lipinski definition) is 2. The van der Waals surface area contributed by atoms with E-state index in [9.17, 15) is 9.59 Å². The molecule has 0 aromatic heterocycles. The molecule has 5 heteroatoms. The molecule has 2 atom stereocenters. The van der Waals surface area contributed by atoms with Crippen LogP contribution in [-0.2, 0) is 14.3 Å². The third-order valence-corrected chi connectivity index (χ3v) is 2.73. The minimum absolute atomic E-state index is 0.189. The summed E-state index contributed by atoms with van der Waals surface area (Å²) in [6.07, 6.45) is 1.68. The quantitative estimate of drug-likeness (QED) is 0.712. The summed E-state index contributed by atoms with van der Waals surface area (Å²) >= 11 is 0. The van der Waals surface area contributed by atoms with Gasteiger partial charge in [0.15, 0.2) is 0 Å². The highest BCUT2D eigenvalue weighted by Crippen LogP contribution is 2.21. The van der Waals surface area contributed by atoms with E-state index in [0.29, 0.717) is 25.8 Å². The Bertz CT molecular complexity index is 295. The average molecular weight is 243 g/mol. The summed E-state index contributed by atoms with van der Waals surface area (Å²) in [5, 5.41) is 11.8. The molecule has 1 saturated heterocycles. The van der Waals surface area contributed by atoms with Gasteiger partial charge < -0.3 is 15.2 Å². The van der Waals surface area contributed by atoms with Crippen molar-refractivity contribution in [2.24, 2.45) is 5.92 Å². The Morgan fingerprint density at radius 3 is 2.41 bits per heavy atom. The van der Waals surface area contributed by atoms with Crippen molar-refractivity contribution in [3.63, 3.8) is 0 Å². The van der Waals surface area contributed by atoms with E-state index in [1.165, 1.54) is 0 Å². The molecule has 0 saturated carbocycles. The molecule has 0 amide bonds. The molecule has 0 spiro atoms. The number of nitrogens with one attached hydrogen (secondary N) is 1. The highest BCUT2D eigenvalue weighted by molar-refractivity contribution is 5.75. The number of rotatable bonds is 2. The van der Waals surface area contributed by atoms with Crippen molar-refractivity contribution >= 4 is 11.9 Å². The van der Waals surface area contributed by atoms with Crippen molar-refractivity contribution in [3.8, 4) is 0 Å². The van der Waals surface area contributed by atoms with E-state index >= 15 is 0 Å². The van der Waals surface area contributed by atoms with Gasteiger partial charge >= 0.3 is 11.9 Å². The molecule has 0 bridgehead atoms. The predicted octanol–water partition coefficient (Wildman–Crippen LogP) is 1.17. The summed E-state index contributed by atoms with van der Waals surface area (Å²) < 4.78 is 5.31. The van der Waals surface area contributed by atoms with Crippen molar-refractivity contribution in [3.05, 3.63) is 0 Å². The molecule has 0 aromatic rings. The van der Waals surface area contributed by atoms with Crippen LogP contribution < -0.4 is 5.32 Å². The molecule has 0 aromatic carbocycles. The molecule has 1 heterocycles. The lowest BCUT2D eigenvalue weighted by Gasteiger charge is -2.23. The highest BCUT2D eigenvalue weighted by atomic mass is 16.6. The summed E-state index contributed by atoms with van der Waals surface area (Å²) in [5.41, 5.74) is -0.483. The minimum Gasteiger partial charge on any atom is -0.480 e. The van der Waals surface area contributed by atoms with Crippen LogP contribution in [0.4, 0.5) is 0 Å². The zero-order valence-electron chi connectivity index (χ0n) is 10.7. The van der Waals surface area contributed by atoms with Gasteiger partial charge in [0.05, 0.1) is 5.92 Å². The predicted molar refractivity (Wildman–Crippen MR) is 62.6 cm³/mol. The molecule has 5 nitrogen and oxygen atoms in total. The van der Waals surface area contributed by atoms with Gasteiger partial charge in [-0.15, -0.1) is 0 Å². The Morgan fingerprint density at radius 1 is 1.24 bits per heavy atom. The van der Waals surface area contributed by atoms with Gasteiger partial charge in [-0.2, -0.15) is 0 Å². The summed E-state index contributed by atoms with van der Waals surface area (Å²) in [6.45, 7) is 6.04. The fourth-order valence-corrected chi connectivity index (χ4v) is 1.88. The molecule has 0 radical (unpaired) electrons. The fourth-order valence-electron chi connectivity index (χ4n) is 1.88. The van der Waals surface area contributed by atoms with Gasteiger partial charge in [0.25, 0.3) is 0 Å². The van der Waals surface area contributed by atoms with Crippen LogP contribution in [0.5, 0.6) is 0 Å². The number of carboxylic acid groups (broad SMARTS) is 1. The molecule has 0 aliphatic carbocycles. The van der Waals surface area contributed by atoms with Gasteiger partial charge in [0.1, 0.15) is 11.6 Å². The Morgan fingerprint density at radius 2 is 1.88 bits per heavy atom. The smallest absolute Gasteiger partial charge is 0.320 e. The fraction of sp³-hybridized carbons (Fsp3) is 0.833. The maximum Gasteiger partial charge on any atom is 0.320 e. The first-order valence-corrected chi connectivity index (χ1v) is 5.98. The maximum atomic E-state index is 11.8. The molecule has 98 valence electrons. The van der Waals surface area contributed by atoms with E-state index in [1.807, 2.05) is 20.8 Å². The van der Waals surface area contributed by atoms with Gasteiger partial charge in [-0.3, -0.25) is 9.59 Å². The number of carbonyl (C=O) groups excluding carboxylic acids is 1. The average Bonchev–Trinajstić information content (AvgIpc) is 2.39. The first kappa shape index (κ1) is 14.0. The number of hydrogen-bond acceptors (Lipinski definition) is 4. The molecular formula is C12H21NO4. The molecule has 1 rings (SSSR count). The van der Waals surface area contributed by atoms with Crippen LogP contribution in [0, 0.1) is 5.92 Å². The summed E-state index contributed by atoms with van der Waals surface area (Å²) in [5.74, 6) is -1.26. The summed E-state index contributed by atoms with van der Waals surface area (Å²) in [7, 11) is 0. The van der Waals surface area contributed by atoms with E-state index in [4.69, 9.17) is 9.84 Å². The van der Waals surface area contributed by atoms with Crippen LogP contribution in [0.1, 0.15) is 40.0 Å². The Balaban J connectivity index is 2.51. The molecular weight excluding hydrogens is 222 g/mol. The van der Waals surface area contributed by atoms with Crippen molar-refractivity contribution in [1.29, 1.82) is 0 Å². The van der Waals surface area contributed by atoms with Crippen molar-refractivity contribution in [2.45, 2.75) is 51.7 Å². The summed E-state index contributed by atoms with van der Waals surface area (Å²) in [4.78, 5) is 22.7. The van der Waals surface area contributed by atoms with Crippen LogP contribution in [-0.4, -0.2) is 35.2 Å². The molecule has 1 aliphatic rings. The second-order valence-corrected chi connectivity index (χ2v) is 5.44. The molecule has 17 heavy (non-hydrogen) atoms. The maximum absolute atomic E-state index is 11.8. The number of aliphatic carboxylic acids is 1. The Labute approximate surface area is 102 Å². The van der Waals surface area contributed by atoms with Gasteiger partial charge in [-0.05, 0) is 46.6 Å². The SMILES string of the molecule is CC(C)(C)OC(=O)C1CCNC(C(=O)O)CC1. The third-order valence-electron chi connectivity index (χ3n) is 2.73. The number of carbonyl (C=O) groups is 2. The second kappa shape index (κ2) is 5.49. The van der Waals surface area contributed by atoms with E-state index in [2.05, 4.69) is 5.32 Å². The van der Waals surface area contributed by atoms with Gasteiger partial charge in [-0.25, -0.2) is 0 Å². The van der Waals surface area contributed by atoms with Crippen molar-refractivity contribution in [2.75, 3.05) is 6.54 Å². The first-order valence-electron chi connectivity index (χ1n) is 5.98. The van der Waals surface area contributed by atoms with E-state index in [-0.39, 0.29) is 11.9 Å². The van der Waals surface area contributed by atoms with E-state index < -0.39 is 17.6 Å². The van der Waals surface area contributed by atoms with E-state index in [0.717, 1.165) is 0 Å². The molecule has 2 unspecified atom stereocenters. The number of esters is 1. The molecule has 1 aliphatic heterocycles. The lowest BCUT2D eigenvalue weighted by atomic mass is 9.99.